The van der Waals surface area contributed by atoms with Gasteiger partial charge in [0.1, 0.15) is 0 Å². The molecule has 1 heterocycles. The fourth-order valence-corrected chi connectivity index (χ4v) is 5.09. The standard InChI is InChI=1S/C17H24N2O3S/c1-18(15-8-2-3-9-15)17(20)14-7-6-10-16(13-14)23(21,22)19-11-4-5-12-19/h6-7,10,13,15H,2-5,8-9,11-12H2,1H3. The molecular formula is C17H24N2O3S. The van der Waals surface area contributed by atoms with E-state index in [0.29, 0.717) is 18.7 Å². The highest BCUT2D eigenvalue weighted by Gasteiger charge is 2.29. The van der Waals surface area contributed by atoms with Crippen LogP contribution in [0, 0.1) is 0 Å². The van der Waals surface area contributed by atoms with E-state index in [-0.39, 0.29) is 16.8 Å². The number of rotatable bonds is 4. The van der Waals surface area contributed by atoms with E-state index in [2.05, 4.69) is 0 Å². The van der Waals surface area contributed by atoms with E-state index in [1.54, 1.807) is 23.1 Å². The summed E-state index contributed by atoms with van der Waals surface area (Å²) in [5, 5.41) is 0. The minimum Gasteiger partial charge on any atom is -0.339 e. The predicted octanol–water partition coefficient (Wildman–Crippen LogP) is 2.49. The number of carbonyl (C=O) groups is 1. The lowest BCUT2D eigenvalue weighted by atomic mass is 10.1. The van der Waals surface area contributed by atoms with Gasteiger partial charge in [0.25, 0.3) is 5.91 Å². The van der Waals surface area contributed by atoms with E-state index in [1.807, 2.05) is 7.05 Å². The fraction of sp³-hybridized carbons (Fsp3) is 0.588. The molecule has 2 aliphatic rings. The van der Waals surface area contributed by atoms with Crippen LogP contribution < -0.4 is 0 Å². The maximum absolute atomic E-state index is 12.6. The number of nitrogens with zero attached hydrogens (tertiary/aromatic N) is 2. The fourth-order valence-electron chi connectivity index (χ4n) is 3.53. The zero-order valence-corrected chi connectivity index (χ0v) is 14.4. The molecule has 1 saturated heterocycles. The van der Waals surface area contributed by atoms with Crippen molar-refractivity contribution in [3.05, 3.63) is 29.8 Å². The summed E-state index contributed by atoms with van der Waals surface area (Å²) in [7, 11) is -1.66. The molecule has 0 N–H and O–H groups in total. The summed E-state index contributed by atoms with van der Waals surface area (Å²) in [6.45, 7) is 1.14. The molecule has 0 radical (unpaired) electrons. The summed E-state index contributed by atoms with van der Waals surface area (Å²) in [4.78, 5) is 14.6. The van der Waals surface area contributed by atoms with Crippen LogP contribution in [0.15, 0.2) is 29.2 Å². The maximum atomic E-state index is 12.6. The van der Waals surface area contributed by atoms with Gasteiger partial charge in [0.15, 0.2) is 0 Å². The van der Waals surface area contributed by atoms with Gasteiger partial charge in [-0.1, -0.05) is 18.9 Å². The number of amides is 1. The minimum absolute atomic E-state index is 0.0876. The Kier molecular flexibility index (Phi) is 4.73. The van der Waals surface area contributed by atoms with Crippen molar-refractivity contribution in [2.75, 3.05) is 20.1 Å². The van der Waals surface area contributed by atoms with Crippen molar-refractivity contribution in [2.24, 2.45) is 0 Å². The number of benzene rings is 1. The molecule has 0 bridgehead atoms. The van der Waals surface area contributed by atoms with Crippen molar-refractivity contribution in [1.29, 1.82) is 0 Å². The molecular weight excluding hydrogens is 312 g/mol. The normalized spacial score (nSPS) is 20.0. The molecule has 1 amide bonds. The van der Waals surface area contributed by atoms with E-state index >= 15 is 0 Å². The Bertz CT molecular complexity index is 675. The molecule has 0 spiro atoms. The molecule has 6 heteroatoms. The van der Waals surface area contributed by atoms with Gasteiger partial charge >= 0.3 is 0 Å². The lowest BCUT2D eigenvalue weighted by molar-refractivity contribution is 0.0735. The van der Waals surface area contributed by atoms with E-state index in [4.69, 9.17) is 0 Å². The lowest BCUT2D eigenvalue weighted by Crippen LogP contribution is -2.35. The topological polar surface area (TPSA) is 57.7 Å². The van der Waals surface area contributed by atoms with Gasteiger partial charge in [0.2, 0.25) is 10.0 Å². The van der Waals surface area contributed by atoms with Crippen LogP contribution in [0.3, 0.4) is 0 Å². The first-order valence-corrected chi connectivity index (χ1v) is 9.81. The first-order chi connectivity index (χ1) is 11.0. The zero-order valence-electron chi connectivity index (χ0n) is 13.6. The van der Waals surface area contributed by atoms with Crippen molar-refractivity contribution in [3.63, 3.8) is 0 Å². The Hall–Kier alpha value is -1.40. The van der Waals surface area contributed by atoms with Gasteiger partial charge in [-0.25, -0.2) is 8.42 Å². The molecule has 1 aliphatic carbocycles. The Balaban J connectivity index is 1.83. The molecule has 0 atom stereocenters. The van der Waals surface area contributed by atoms with Crippen LogP contribution in [-0.4, -0.2) is 49.7 Å². The summed E-state index contributed by atoms with van der Waals surface area (Å²) in [5.74, 6) is -0.0876. The van der Waals surface area contributed by atoms with E-state index in [1.165, 1.54) is 10.4 Å². The zero-order chi connectivity index (χ0) is 16.4. The molecule has 1 aromatic rings. The molecule has 1 saturated carbocycles. The van der Waals surface area contributed by atoms with Crippen LogP contribution in [0.2, 0.25) is 0 Å². The number of sulfonamides is 1. The third-order valence-electron chi connectivity index (χ3n) is 4.98. The minimum atomic E-state index is -3.48. The molecule has 3 rings (SSSR count). The summed E-state index contributed by atoms with van der Waals surface area (Å²) in [6.07, 6.45) is 6.20. The SMILES string of the molecule is CN(C(=O)c1cccc(S(=O)(=O)N2CCCC2)c1)C1CCCC1. The lowest BCUT2D eigenvalue weighted by Gasteiger charge is -2.24. The smallest absolute Gasteiger partial charge is 0.253 e. The molecule has 23 heavy (non-hydrogen) atoms. The second-order valence-corrected chi connectivity index (χ2v) is 8.43. The first kappa shape index (κ1) is 16.5. The van der Waals surface area contributed by atoms with Crippen LogP contribution in [0.1, 0.15) is 48.9 Å². The maximum Gasteiger partial charge on any atom is 0.253 e. The van der Waals surface area contributed by atoms with Crippen LogP contribution in [0.5, 0.6) is 0 Å². The summed E-state index contributed by atoms with van der Waals surface area (Å²) >= 11 is 0. The van der Waals surface area contributed by atoms with Gasteiger partial charge in [-0.15, -0.1) is 0 Å². The first-order valence-electron chi connectivity index (χ1n) is 8.37. The Morgan fingerprint density at radius 2 is 1.78 bits per heavy atom. The quantitative estimate of drug-likeness (QED) is 0.849. The van der Waals surface area contributed by atoms with Crippen molar-refractivity contribution in [3.8, 4) is 0 Å². The Morgan fingerprint density at radius 3 is 2.43 bits per heavy atom. The van der Waals surface area contributed by atoms with E-state index < -0.39 is 10.0 Å². The van der Waals surface area contributed by atoms with Crippen molar-refractivity contribution < 1.29 is 13.2 Å². The molecule has 1 aromatic carbocycles. The van der Waals surface area contributed by atoms with Crippen LogP contribution in [-0.2, 0) is 10.0 Å². The second kappa shape index (κ2) is 6.61. The number of hydrogen-bond donors (Lipinski definition) is 0. The Morgan fingerprint density at radius 1 is 1.13 bits per heavy atom. The largest absolute Gasteiger partial charge is 0.339 e. The number of hydrogen-bond acceptors (Lipinski definition) is 3. The summed E-state index contributed by atoms with van der Waals surface area (Å²) < 4.78 is 26.8. The third-order valence-corrected chi connectivity index (χ3v) is 6.87. The average Bonchev–Trinajstić information content (AvgIpc) is 3.26. The molecule has 1 aliphatic heterocycles. The van der Waals surface area contributed by atoms with Crippen LogP contribution in [0.4, 0.5) is 0 Å². The number of carbonyl (C=O) groups excluding carboxylic acids is 1. The summed E-state index contributed by atoms with van der Waals surface area (Å²) in [5.41, 5.74) is 0.458. The van der Waals surface area contributed by atoms with Gasteiger partial charge in [0, 0.05) is 31.7 Å². The van der Waals surface area contributed by atoms with Gasteiger partial charge in [-0.05, 0) is 43.9 Å². The Labute approximate surface area is 138 Å². The highest BCUT2D eigenvalue weighted by Crippen LogP contribution is 2.25. The molecule has 5 nitrogen and oxygen atoms in total. The van der Waals surface area contributed by atoms with E-state index in [0.717, 1.165) is 38.5 Å². The van der Waals surface area contributed by atoms with Crippen LogP contribution >= 0.6 is 0 Å². The van der Waals surface area contributed by atoms with E-state index in [9.17, 15) is 13.2 Å². The third kappa shape index (κ3) is 3.28. The average molecular weight is 336 g/mol. The summed E-state index contributed by atoms with van der Waals surface area (Å²) in [6, 6.07) is 6.76. The highest BCUT2D eigenvalue weighted by atomic mass is 32.2. The van der Waals surface area contributed by atoms with Crippen LogP contribution in [0.25, 0.3) is 0 Å². The van der Waals surface area contributed by atoms with Crippen molar-refractivity contribution >= 4 is 15.9 Å². The molecule has 126 valence electrons. The van der Waals surface area contributed by atoms with Crippen molar-refractivity contribution in [2.45, 2.75) is 49.5 Å². The van der Waals surface area contributed by atoms with Crippen molar-refractivity contribution in [1.82, 2.24) is 9.21 Å². The molecule has 0 aromatic heterocycles. The second-order valence-electron chi connectivity index (χ2n) is 6.49. The monoisotopic (exact) mass is 336 g/mol. The molecule has 2 fully saturated rings. The van der Waals surface area contributed by atoms with Gasteiger partial charge in [0.05, 0.1) is 4.90 Å². The highest BCUT2D eigenvalue weighted by molar-refractivity contribution is 7.89. The van der Waals surface area contributed by atoms with Gasteiger partial charge in [-0.2, -0.15) is 4.31 Å². The predicted molar refractivity (Wildman–Crippen MR) is 88.8 cm³/mol. The molecule has 0 unspecified atom stereocenters. The van der Waals surface area contributed by atoms with Gasteiger partial charge < -0.3 is 4.90 Å². The van der Waals surface area contributed by atoms with Gasteiger partial charge in [-0.3, -0.25) is 4.79 Å².